The number of amides is 1. The number of piperidine rings is 1. The molecule has 2 unspecified atom stereocenters. The van der Waals surface area contributed by atoms with Crippen molar-refractivity contribution < 1.29 is 9.53 Å². The highest BCUT2D eigenvalue weighted by atomic mass is 79.9. The van der Waals surface area contributed by atoms with Gasteiger partial charge in [-0.25, -0.2) is 0 Å². The number of carbonyl (C=O) groups is 1. The van der Waals surface area contributed by atoms with Crippen LogP contribution in [0, 0.1) is 5.92 Å². The van der Waals surface area contributed by atoms with Crippen LogP contribution in [0.3, 0.4) is 0 Å². The van der Waals surface area contributed by atoms with Gasteiger partial charge in [-0.05, 0) is 50.5 Å². The van der Waals surface area contributed by atoms with E-state index in [-0.39, 0.29) is 12.0 Å². The molecule has 0 radical (unpaired) electrons. The first-order chi connectivity index (χ1) is 9.47. The van der Waals surface area contributed by atoms with Crippen LogP contribution in [0.15, 0.2) is 24.3 Å². The summed E-state index contributed by atoms with van der Waals surface area (Å²) >= 11 is 3.66. The number of alkyl halides is 1. The van der Waals surface area contributed by atoms with Crippen molar-refractivity contribution in [2.45, 2.75) is 38.1 Å². The minimum absolute atomic E-state index is 0.118. The molecule has 1 heterocycles. The molecule has 4 heteroatoms. The predicted octanol–water partition coefficient (Wildman–Crippen LogP) is 3.72. The van der Waals surface area contributed by atoms with Gasteiger partial charge in [0.2, 0.25) is 0 Å². The highest BCUT2D eigenvalue weighted by molar-refractivity contribution is 9.09. The molecule has 0 saturated carbocycles. The quantitative estimate of drug-likeness (QED) is 0.785. The number of carbonyl (C=O) groups excluding carboxylic acids is 1. The second kappa shape index (κ2) is 6.61. The zero-order chi connectivity index (χ0) is 14.7. The van der Waals surface area contributed by atoms with Gasteiger partial charge in [0.15, 0.2) is 0 Å². The fourth-order valence-electron chi connectivity index (χ4n) is 2.43. The Labute approximate surface area is 129 Å². The zero-order valence-corrected chi connectivity index (χ0v) is 13.9. The molecule has 1 aromatic carbocycles. The highest BCUT2D eigenvalue weighted by Gasteiger charge is 2.27. The topological polar surface area (TPSA) is 29.5 Å². The van der Waals surface area contributed by atoms with Gasteiger partial charge < -0.3 is 9.64 Å². The van der Waals surface area contributed by atoms with E-state index in [2.05, 4.69) is 22.9 Å². The minimum Gasteiger partial charge on any atom is -0.491 e. The van der Waals surface area contributed by atoms with Gasteiger partial charge in [0.25, 0.3) is 5.91 Å². The summed E-state index contributed by atoms with van der Waals surface area (Å²) in [4.78, 5) is 14.9. The molecule has 110 valence electrons. The maximum atomic E-state index is 12.5. The summed E-state index contributed by atoms with van der Waals surface area (Å²) in [5.41, 5.74) is 0.737. The average molecular weight is 340 g/mol. The van der Waals surface area contributed by atoms with Crippen LogP contribution >= 0.6 is 15.9 Å². The molecule has 2 atom stereocenters. The Morgan fingerprint density at radius 2 is 2.00 bits per heavy atom. The smallest absolute Gasteiger partial charge is 0.253 e. The number of likely N-dealkylation sites (tertiary alicyclic amines) is 1. The van der Waals surface area contributed by atoms with Crippen LogP contribution in [0.1, 0.15) is 37.6 Å². The lowest BCUT2D eigenvalue weighted by Gasteiger charge is -2.34. The third-order valence-electron chi connectivity index (χ3n) is 3.56. The molecule has 20 heavy (non-hydrogen) atoms. The van der Waals surface area contributed by atoms with Crippen LogP contribution in [0.25, 0.3) is 0 Å². The molecule has 1 aliphatic rings. The van der Waals surface area contributed by atoms with Gasteiger partial charge in [-0.3, -0.25) is 4.79 Å². The molecule has 1 fully saturated rings. The van der Waals surface area contributed by atoms with Gasteiger partial charge in [-0.1, -0.05) is 22.9 Å². The van der Waals surface area contributed by atoms with Crippen molar-refractivity contribution >= 4 is 21.8 Å². The Morgan fingerprint density at radius 3 is 2.55 bits per heavy atom. The van der Waals surface area contributed by atoms with Crippen LogP contribution in [0.5, 0.6) is 5.75 Å². The molecule has 0 aliphatic carbocycles. The van der Waals surface area contributed by atoms with E-state index in [0.717, 1.165) is 30.8 Å². The van der Waals surface area contributed by atoms with E-state index in [1.165, 1.54) is 0 Å². The number of hydrogen-bond acceptors (Lipinski definition) is 2. The van der Waals surface area contributed by atoms with Crippen LogP contribution in [-0.2, 0) is 0 Å². The summed E-state index contributed by atoms with van der Waals surface area (Å²) in [6.07, 6.45) is 1.16. The fraction of sp³-hybridized carbons (Fsp3) is 0.562. The number of rotatable bonds is 3. The molecule has 1 aromatic rings. The monoisotopic (exact) mass is 339 g/mol. The van der Waals surface area contributed by atoms with E-state index in [9.17, 15) is 4.79 Å². The molecule has 0 bridgehead atoms. The molecule has 0 spiro atoms. The number of nitrogens with zero attached hydrogens (tertiary/aromatic N) is 1. The van der Waals surface area contributed by atoms with E-state index in [0.29, 0.717) is 10.7 Å². The minimum atomic E-state index is 0.118. The lowest BCUT2D eigenvalue weighted by atomic mass is 9.99. The number of benzene rings is 1. The Hall–Kier alpha value is -1.03. The van der Waals surface area contributed by atoms with Gasteiger partial charge in [0.05, 0.1) is 6.10 Å². The first-order valence-corrected chi connectivity index (χ1v) is 8.09. The molecule has 1 aliphatic heterocycles. The third kappa shape index (κ3) is 3.75. The van der Waals surface area contributed by atoms with E-state index in [4.69, 9.17) is 4.74 Å². The van der Waals surface area contributed by atoms with E-state index < -0.39 is 0 Å². The molecule has 1 saturated heterocycles. The molecule has 1 amide bonds. The predicted molar refractivity (Wildman–Crippen MR) is 84.6 cm³/mol. The number of halogens is 1. The summed E-state index contributed by atoms with van der Waals surface area (Å²) in [6, 6.07) is 7.44. The lowest BCUT2D eigenvalue weighted by Crippen LogP contribution is -2.43. The van der Waals surface area contributed by atoms with E-state index in [1.807, 2.05) is 43.0 Å². The average Bonchev–Trinajstić information content (AvgIpc) is 2.41. The van der Waals surface area contributed by atoms with Crippen LogP contribution in [0.4, 0.5) is 0 Å². The maximum absolute atomic E-state index is 12.5. The first kappa shape index (κ1) is 15.4. The van der Waals surface area contributed by atoms with Crippen molar-refractivity contribution in [2.75, 3.05) is 13.1 Å². The summed E-state index contributed by atoms with van der Waals surface area (Å²) in [5, 5.41) is 0. The molecule has 0 aromatic heterocycles. The second-order valence-corrected chi connectivity index (χ2v) is 6.90. The van der Waals surface area contributed by atoms with Crippen LogP contribution in [0.2, 0.25) is 0 Å². The Kier molecular flexibility index (Phi) is 5.08. The largest absolute Gasteiger partial charge is 0.491 e. The zero-order valence-electron chi connectivity index (χ0n) is 12.3. The standard InChI is InChI=1S/C16H22BrNO2/c1-11(2)20-14-6-4-13(5-7-14)16(19)18-9-8-15(17)12(3)10-18/h4-7,11-12,15H,8-10H2,1-3H3. The van der Waals surface area contributed by atoms with Crippen LogP contribution < -0.4 is 4.74 Å². The van der Waals surface area contributed by atoms with Crippen molar-refractivity contribution in [2.24, 2.45) is 5.92 Å². The maximum Gasteiger partial charge on any atom is 0.253 e. The normalized spacial score (nSPS) is 22.9. The molecule has 3 nitrogen and oxygen atoms in total. The second-order valence-electron chi connectivity index (χ2n) is 5.72. The third-order valence-corrected chi connectivity index (χ3v) is 4.92. The van der Waals surface area contributed by atoms with Gasteiger partial charge in [-0.2, -0.15) is 0 Å². The van der Waals surface area contributed by atoms with Crippen molar-refractivity contribution in [1.29, 1.82) is 0 Å². The molecular weight excluding hydrogens is 318 g/mol. The Balaban J connectivity index is 2.02. The van der Waals surface area contributed by atoms with Crippen LogP contribution in [-0.4, -0.2) is 34.8 Å². The van der Waals surface area contributed by atoms with Gasteiger partial charge >= 0.3 is 0 Å². The van der Waals surface area contributed by atoms with Crippen molar-refractivity contribution in [3.8, 4) is 5.75 Å². The lowest BCUT2D eigenvalue weighted by molar-refractivity contribution is 0.0690. The Bertz CT molecular complexity index is 458. The van der Waals surface area contributed by atoms with Crippen molar-refractivity contribution in [1.82, 2.24) is 4.90 Å². The first-order valence-electron chi connectivity index (χ1n) is 7.17. The summed E-state index contributed by atoms with van der Waals surface area (Å²) in [7, 11) is 0. The molecule has 0 N–H and O–H groups in total. The SMILES string of the molecule is CC(C)Oc1ccc(C(=O)N2CCC(Br)C(C)C2)cc1. The molecule has 2 rings (SSSR count). The van der Waals surface area contributed by atoms with Gasteiger partial charge in [0.1, 0.15) is 5.75 Å². The Morgan fingerprint density at radius 1 is 1.35 bits per heavy atom. The molecular formula is C16H22BrNO2. The van der Waals surface area contributed by atoms with Gasteiger partial charge in [-0.15, -0.1) is 0 Å². The number of ether oxygens (including phenoxy) is 1. The number of hydrogen-bond donors (Lipinski definition) is 0. The summed E-state index contributed by atoms with van der Waals surface area (Å²) < 4.78 is 5.59. The fourth-order valence-corrected chi connectivity index (χ4v) is 2.80. The summed E-state index contributed by atoms with van der Waals surface area (Å²) in [6.45, 7) is 7.80. The van der Waals surface area contributed by atoms with Crippen molar-refractivity contribution in [3.05, 3.63) is 29.8 Å². The van der Waals surface area contributed by atoms with Gasteiger partial charge in [0, 0.05) is 23.5 Å². The summed E-state index contributed by atoms with van der Waals surface area (Å²) in [5.74, 6) is 1.42. The van der Waals surface area contributed by atoms with E-state index in [1.54, 1.807) is 0 Å². The van der Waals surface area contributed by atoms with Crippen molar-refractivity contribution in [3.63, 3.8) is 0 Å². The highest BCUT2D eigenvalue weighted by Crippen LogP contribution is 2.25. The van der Waals surface area contributed by atoms with E-state index >= 15 is 0 Å².